The fraction of sp³-hybridized carbons (Fsp3) is 0.417. The summed E-state index contributed by atoms with van der Waals surface area (Å²) in [4.78, 5) is 11.9. The number of ether oxygens (including phenoxy) is 1. The molecular formula is C12H12F2O2. The van der Waals surface area contributed by atoms with Gasteiger partial charge in [0.05, 0.1) is 12.7 Å². The lowest BCUT2D eigenvalue weighted by Crippen LogP contribution is -2.15. The van der Waals surface area contributed by atoms with E-state index in [1.165, 1.54) is 0 Å². The van der Waals surface area contributed by atoms with Crippen molar-refractivity contribution in [2.45, 2.75) is 19.4 Å². The van der Waals surface area contributed by atoms with Crippen LogP contribution in [0.2, 0.25) is 0 Å². The van der Waals surface area contributed by atoms with Crippen molar-refractivity contribution in [1.82, 2.24) is 0 Å². The zero-order valence-electron chi connectivity index (χ0n) is 8.87. The molecule has 0 N–H and O–H groups in total. The SMILES string of the molecule is CC1CC(C(=O)c2cc(F)cc(F)c2)CO1. The maximum Gasteiger partial charge on any atom is 0.168 e. The van der Waals surface area contributed by atoms with Crippen molar-refractivity contribution in [2.75, 3.05) is 6.61 Å². The number of benzene rings is 1. The van der Waals surface area contributed by atoms with Gasteiger partial charge < -0.3 is 4.74 Å². The van der Waals surface area contributed by atoms with Crippen LogP contribution in [-0.4, -0.2) is 18.5 Å². The molecule has 1 aromatic rings. The van der Waals surface area contributed by atoms with Crippen LogP contribution < -0.4 is 0 Å². The highest BCUT2D eigenvalue weighted by Crippen LogP contribution is 2.23. The molecule has 1 aliphatic heterocycles. The van der Waals surface area contributed by atoms with Gasteiger partial charge in [0, 0.05) is 17.5 Å². The summed E-state index contributed by atoms with van der Waals surface area (Å²) in [6.45, 7) is 2.21. The van der Waals surface area contributed by atoms with Gasteiger partial charge in [0.15, 0.2) is 5.78 Å². The predicted molar refractivity (Wildman–Crippen MR) is 54.2 cm³/mol. The molecule has 0 radical (unpaired) electrons. The highest BCUT2D eigenvalue weighted by atomic mass is 19.1. The van der Waals surface area contributed by atoms with E-state index < -0.39 is 11.6 Å². The molecule has 0 aromatic heterocycles. The Morgan fingerprint density at radius 3 is 2.44 bits per heavy atom. The van der Waals surface area contributed by atoms with E-state index in [2.05, 4.69) is 0 Å². The first-order valence-electron chi connectivity index (χ1n) is 5.18. The van der Waals surface area contributed by atoms with E-state index in [0.717, 1.165) is 18.2 Å². The largest absolute Gasteiger partial charge is 0.378 e. The van der Waals surface area contributed by atoms with Crippen LogP contribution >= 0.6 is 0 Å². The number of hydrogen-bond donors (Lipinski definition) is 0. The summed E-state index contributed by atoms with van der Waals surface area (Å²) >= 11 is 0. The minimum atomic E-state index is -0.727. The summed E-state index contributed by atoms with van der Waals surface area (Å²) in [7, 11) is 0. The second-order valence-electron chi connectivity index (χ2n) is 4.10. The summed E-state index contributed by atoms with van der Waals surface area (Å²) < 4.78 is 31.1. The molecule has 0 amide bonds. The number of carbonyl (C=O) groups excluding carboxylic acids is 1. The van der Waals surface area contributed by atoms with Crippen LogP contribution in [0.1, 0.15) is 23.7 Å². The fourth-order valence-electron chi connectivity index (χ4n) is 1.93. The van der Waals surface area contributed by atoms with E-state index >= 15 is 0 Å². The number of Topliss-reactive ketones (excluding diaryl/α,β-unsaturated/α-hetero) is 1. The maximum absolute atomic E-state index is 12.9. The third-order valence-electron chi connectivity index (χ3n) is 2.72. The van der Waals surface area contributed by atoms with Gasteiger partial charge in [-0.25, -0.2) is 8.78 Å². The quantitative estimate of drug-likeness (QED) is 0.724. The second-order valence-corrected chi connectivity index (χ2v) is 4.10. The fourth-order valence-corrected chi connectivity index (χ4v) is 1.93. The summed E-state index contributed by atoms with van der Waals surface area (Å²) in [5, 5.41) is 0. The Kier molecular flexibility index (Phi) is 3.01. The number of rotatable bonds is 2. The van der Waals surface area contributed by atoms with Crippen LogP contribution in [0.4, 0.5) is 8.78 Å². The number of carbonyl (C=O) groups is 1. The van der Waals surface area contributed by atoms with Gasteiger partial charge in [-0.3, -0.25) is 4.79 Å². The Bertz CT molecular complexity index is 397. The van der Waals surface area contributed by atoms with Crippen molar-refractivity contribution >= 4 is 5.78 Å². The Morgan fingerprint density at radius 1 is 1.31 bits per heavy atom. The van der Waals surface area contributed by atoms with Crippen molar-refractivity contribution in [3.8, 4) is 0 Å². The maximum atomic E-state index is 12.9. The Morgan fingerprint density at radius 2 is 1.94 bits per heavy atom. The molecule has 16 heavy (non-hydrogen) atoms. The summed E-state index contributed by atoms with van der Waals surface area (Å²) in [5.41, 5.74) is 0.0835. The van der Waals surface area contributed by atoms with Gasteiger partial charge in [-0.15, -0.1) is 0 Å². The minimum absolute atomic E-state index is 0.0346. The molecular weight excluding hydrogens is 214 g/mol. The number of hydrogen-bond acceptors (Lipinski definition) is 2. The predicted octanol–water partition coefficient (Wildman–Crippen LogP) is 2.57. The van der Waals surface area contributed by atoms with E-state index in [1.807, 2.05) is 6.92 Å². The Labute approximate surface area is 92.2 Å². The molecule has 0 bridgehead atoms. The van der Waals surface area contributed by atoms with Crippen LogP contribution in [0.3, 0.4) is 0 Å². The molecule has 2 rings (SSSR count). The van der Waals surface area contributed by atoms with Gasteiger partial charge in [0.2, 0.25) is 0 Å². The molecule has 0 aliphatic carbocycles. The van der Waals surface area contributed by atoms with E-state index in [1.54, 1.807) is 0 Å². The molecule has 2 atom stereocenters. The molecule has 0 spiro atoms. The molecule has 1 saturated heterocycles. The third-order valence-corrected chi connectivity index (χ3v) is 2.72. The smallest absolute Gasteiger partial charge is 0.168 e. The molecule has 2 unspecified atom stereocenters. The van der Waals surface area contributed by atoms with Gasteiger partial charge in [0.1, 0.15) is 11.6 Å². The van der Waals surface area contributed by atoms with E-state index in [4.69, 9.17) is 4.74 Å². The average Bonchev–Trinajstić information content (AvgIpc) is 2.62. The molecule has 4 heteroatoms. The zero-order chi connectivity index (χ0) is 11.7. The van der Waals surface area contributed by atoms with Crippen molar-refractivity contribution < 1.29 is 18.3 Å². The summed E-state index contributed by atoms with van der Waals surface area (Å²) in [6.07, 6.45) is 0.643. The van der Waals surface area contributed by atoms with Crippen LogP contribution in [0.15, 0.2) is 18.2 Å². The first-order valence-corrected chi connectivity index (χ1v) is 5.18. The molecule has 1 aromatic carbocycles. The molecule has 86 valence electrons. The average molecular weight is 226 g/mol. The van der Waals surface area contributed by atoms with Gasteiger partial charge >= 0.3 is 0 Å². The first-order chi connectivity index (χ1) is 7.56. The van der Waals surface area contributed by atoms with E-state index in [9.17, 15) is 13.6 Å². The lowest BCUT2D eigenvalue weighted by molar-refractivity contribution is 0.0877. The van der Waals surface area contributed by atoms with Crippen molar-refractivity contribution in [1.29, 1.82) is 0 Å². The number of ketones is 1. The first kappa shape index (κ1) is 11.2. The van der Waals surface area contributed by atoms with E-state index in [0.29, 0.717) is 13.0 Å². The lowest BCUT2D eigenvalue weighted by atomic mass is 9.95. The van der Waals surface area contributed by atoms with Crippen LogP contribution in [0, 0.1) is 17.6 Å². The normalized spacial score (nSPS) is 24.7. The van der Waals surface area contributed by atoms with Crippen LogP contribution in [-0.2, 0) is 4.74 Å². The highest BCUT2D eigenvalue weighted by molar-refractivity contribution is 5.98. The topological polar surface area (TPSA) is 26.3 Å². The summed E-state index contributed by atoms with van der Waals surface area (Å²) in [5.74, 6) is -1.98. The van der Waals surface area contributed by atoms with Crippen molar-refractivity contribution in [3.05, 3.63) is 35.4 Å². The molecule has 1 heterocycles. The molecule has 2 nitrogen and oxygen atoms in total. The molecule has 0 saturated carbocycles. The van der Waals surface area contributed by atoms with Gasteiger partial charge in [-0.1, -0.05) is 0 Å². The van der Waals surface area contributed by atoms with Crippen molar-refractivity contribution in [2.24, 2.45) is 5.92 Å². The third kappa shape index (κ3) is 2.27. The summed E-state index contributed by atoms with van der Waals surface area (Å²) in [6, 6.07) is 2.88. The van der Waals surface area contributed by atoms with E-state index in [-0.39, 0.29) is 23.4 Å². The van der Waals surface area contributed by atoms with Gasteiger partial charge in [-0.2, -0.15) is 0 Å². The Balaban J connectivity index is 2.20. The minimum Gasteiger partial charge on any atom is -0.378 e. The van der Waals surface area contributed by atoms with Gasteiger partial charge in [-0.05, 0) is 25.5 Å². The Hall–Kier alpha value is -1.29. The zero-order valence-corrected chi connectivity index (χ0v) is 8.87. The van der Waals surface area contributed by atoms with Gasteiger partial charge in [0.25, 0.3) is 0 Å². The second kappa shape index (κ2) is 4.29. The monoisotopic (exact) mass is 226 g/mol. The number of halogens is 2. The lowest BCUT2D eigenvalue weighted by Gasteiger charge is -2.06. The molecule has 1 aliphatic rings. The molecule has 1 fully saturated rings. The van der Waals surface area contributed by atoms with Crippen molar-refractivity contribution in [3.63, 3.8) is 0 Å². The van der Waals surface area contributed by atoms with Crippen LogP contribution in [0.5, 0.6) is 0 Å². The van der Waals surface area contributed by atoms with Crippen LogP contribution in [0.25, 0.3) is 0 Å². The standard InChI is InChI=1S/C12H12F2O2/c1-7-2-9(6-16-7)12(15)8-3-10(13)5-11(14)4-8/h3-5,7,9H,2,6H2,1H3. The highest BCUT2D eigenvalue weighted by Gasteiger charge is 2.29.